The third-order valence-corrected chi connectivity index (χ3v) is 4.39. The Bertz CT molecular complexity index is 589. The van der Waals surface area contributed by atoms with Crippen LogP contribution in [0, 0.1) is 5.41 Å². The van der Waals surface area contributed by atoms with E-state index in [1.807, 2.05) is 0 Å². The highest BCUT2D eigenvalue weighted by Crippen LogP contribution is 2.37. The number of aromatic nitrogens is 2. The van der Waals surface area contributed by atoms with Gasteiger partial charge in [0.15, 0.2) is 0 Å². The number of dihydropyridines is 1. The summed E-state index contributed by atoms with van der Waals surface area (Å²) in [4.78, 5) is 2.27. The van der Waals surface area contributed by atoms with Gasteiger partial charge >= 0.3 is 5.98 Å². The van der Waals surface area contributed by atoms with Gasteiger partial charge in [-0.2, -0.15) is 9.49 Å². The number of aromatic amines is 1. The van der Waals surface area contributed by atoms with E-state index in [1.165, 1.54) is 6.08 Å². The summed E-state index contributed by atoms with van der Waals surface area (Å²) in [5.74, 6) is -1.94. The van der Waals surface area contributed by atoms with Gasteiger partial charge in [0.1, 0.15) is 0 Å². The first kappa shape index (κ1) is 13.9. The van der Waals surface area contributed by atoms with Crippen LogP contribution in [0.25, 0.3) is 5.57 Å². The van der Waals surface area contributed by atoms with Crippen LogP contribution < -0.4 is 5.32 Å². The predicted octanol–water partition coefficient (Wildman–Crippen LogP) is 0.882. The Morgan fingerprint density at radius 1 is 1.41 bits per heavy atom. The van der Waals surface area contributed by atoms with Crippen LogP contribution in [0.4, 0.5) is 4.39 Å². The summed E-state index contributed by atoms with van der Waals surface area (Å²) in [6.07, 6.45) is 8.15. The lowest BCUT2D eigenvalue weighted by molar-refractivity contribution is -0.197. The van der Waals surface area contributed by atoms with Crippen molar-refractivity contribution in [3.63, 3.8) is 0 Å². The number of alkyl halides is 1. The molecule has 1 spiro atoms. The van der Waals surface area contributed by atoms with E-state index in [1.54, 1.807) is 24.7 Å². The largest absolute Gasteiger partial charge is 0.380 e. The average molecular weight is 306 g/mol. The van der Waals surface area contributed by atoms with Gasteiger partial charge in [-0.15, -0.1) is 0 Å². The summed E-state index contributed by atoms with van der Waals surface area (Å²) in [6.45, 7) is 4.88. The first-order valence-corrected chi connectivity index (χ1v) is 7.46. The molecule has 0 saturated carbocycles. The van der Waals surface area contributed by atoms with Gasteiger partial charge in [0.05, 0.1) is 26.0 Å². The van der Waals surface area contributed by atoms with Crippen LogP contribution in [-0.4, -0.2) is 60.5 Å². The number of likely N-dealkylation sites (tertiary alicyclic amines) is 1. The molecule has 0 bridgehead atoms. The second-order valence-electron chi connectivity index (χ2n) is 6.26. The Kier molecular flexibility index (Phi) is 3.28. The highest BCUT2D eigenvalue weighted by molar-refractivity contribution is 5.74. The third-order valence-electron chi connectivity index (χ3n) is 4.39. The third kappa shape index (κ3) is 2.55. The van der Waals surface area contributed by atoms with Gasteiger partial charge in [0.25, 0.3) is 0 Å². The molecule has 0 aromatic carbocycles. The Morgan fingerprint density at radius 3 is 2.86 bits per heavy atom. The first-order chi connectivity index (χ1) is 10.7. The van der Waals surface area contributed by atoms with Crippen molar-refractivity contribution in [1.29, 1.82) is 0 Å². The SMILES string of the molecule is FC1(OCCN2CC3(COC3)C2)C=CC(c2cn[nH]c2)=CN1. The molecule has 0 radical (unpaired) electrons. The molecule has 1 aromatic heterocycles. The highest BCUT2D eigenvalue weighted by atomic mass is 19.2. The normalized spacial score (nSPS) is 29.6. The van der Waals surface area contributed by atoms with Crippen molar-refractivity contribution in [3.05, 3.63) is 36.3 Å². The number of hydrogen-bond donors (Lipinski definition) is 2. The van der Waals surface area contributed by atoms with E-state index in [2.05, 4.69) is 20.4 Å². The van der Waals surface area contributed by atoms with Gasteiger partial charge in [-0.05, 0) is 6.08 Å². The summed E-state index contributed by atoms with van der Waals surface area (Å²) >= 11 is 0. The molecular weight excluding hydrogens is 287 g/mol. The Morgan fingerprint density at radius 2 is 2.27 bits per heavy atom. The fourth-order valence-corrected chi connectivity index (χ4v) is 3.10. The number of H-pyrrole nitrogens is 1. The molecule has 2 N–H and O–H groups in total. The van der Waals surface area contributed by atoms with Crippen molar-refractivity contribution in [3.8, 4) is 0 Å². The quantitative estimate of drug-likeness (QED) is 0.791. The molecular formula is C15H19FN4O2. The van der Waals surface area contributed by atoms with E-state index in [0.29, 0.717) is 12.0 Å². The Balaban J connectivity index is 1.23. The molecule has 1 aromatic rings. The maximum atomic E-state index is 14.5. The van der Waals surface area contributed by atoms with Gasteiger partial charge < -0.3 is 14.8 Å². The van der Waals surface area contributed by atoms with E-state index in [-0.39, 0.29) is 0 Å². The fourth-order valence-electron chi connectivity index (χ4n) is 3.10. The minimum Gasteiger partial charge on any atom is -0.380 e. The molecule has 3 aliphatic heterocycles. The van der Waals surface area contributed by atoms with Crippen LogP contribution in [-0.2, 0) is 9.47 Å². The highest BCUT2D eigenvalue weighted by Gasteiger charge is 2.48. The zero-order chi connectivity index (χ0) is 15.0. The fraction of sp³-hybridized carbons (Fsp3) is 0.533. The van der Waals surface area contributed by atoms with Crippen molar-refractivity contribution < 1.29 is 13.9 Å². The molecule has 0 aliphatic carbocycles. The standard InChI is InChI=1S/C15H19FN4O2/c16-15(2-1-12(5-17-15)13-6-18-19-7-13)22-4-3-20-8-14(9-20)10-21-11-14/h1-2,5-7,17H,3-4,8-11H2,(H,18,19). The van der Waals surface area contributed by atoms with Crippen LogP contribution >= 0.6 is 0 Å². The second kappa shape index (κ2) is 5.19. The molecule has 3 aliphatic rings. The van der Waals surface area contributed by atoms with Crippen molar-refractivity contribution in [2.75, 3.05) is 39.5 Å². The van der Waals surface area contributed by atoms with Gasteiger partial charge in [-0.25, -0.2) is 0 Å². The van der Waals surface area contributed by atoms with E-state index in [4.69, 9.17) is 9.47 Å². The van der Waals surface area contributed by atoms with Crippen LogP contribution in [0.1, 0.15) is 5.56 Å². The van der Waals surface area contributed by atoms with E-state index >= 15 is 0 Å². The van der Waals surface area contributed by atoms with Crippen molar-refractivity contribution in [1.82, 2.24) is 20.4 Å². The van der Waals surface area contributed by atoms with Crippen LogP contribution in [0.15, 0.2) is 30.7 Å². The number of nitrogens with one attached hydrogen (secondary N) is 2. The summed E-state index contributed by atoms with van der Waals surface area (Å²) in [5, 5.41) is 9.27. The smallest absolute Gasteiger partial charge is 0.308 e. The monoisotopic (exact) mass is 306 g/mol. The lowest BCUT2D eigenvalue weighted by Crippen LogP contribution is -2.66. The molecule has 0 amide bonds. The zero-order valence-corrected chi connectivity index (χ0v) is 12.2. The number of nitrogens with zero attached hydrogens (tertiary/aromatic N) is 2. The van der Waals surface area contributed by atoms with Crippen molar-refractivity contribution >= 4 is 5.57 Å². The van der Waals surface area contributed by atoms with Gasteiger partial charge in [0.2, 0.25) is 0 Å². The van der Waals surface area contributed by atoms with Crippen LogP contribution in [0.3, 0.4) is 0 Å². The molecule has 1 unspecified atom stereocenters. The van der Waals surface area contributed by atoms with Crippen LogP contribution in [0.5, 0.6) is 0 Å². The van der Waals surface area contributed by atoms with Gasteiger partial charge in [0, 0.05) is 54.7 Å². The van der Waals surface area contributed by atoms with Gasteiger partial charge in [-0.3, -0.25) is 10.00 Å². The van der Waals surface area contributed by atoms with Gasteiger partial charge in [-0.1, -0.05) is 0 Å². The molecule has 2 saturated heterocycles. The molecule has 118 valence electrons. The summed E-state index contributed by atoms with van der Waals surface area (Å²) in [7, 11) is 0. The zero-order valence-electron chi connectivity index (χ0n) is 12.2. The Labute approximate surface area is 128 Å². The van der Waals surface area contributed by atoms with Crippen molar-refractivity contribution in [2.24, 2.45) is 5.41 Å². The Hall–Kier alpha value is -1.70. The average Bonchev–Trinajstić information content (AvgIpc) is 2.94. The molecule has 4 heterocycles. The number of rotatable bonds is 5. The number of ether oxygens (including phenoxy) is 2. The molecule has 2 fully saturated rings. The lowest BCUT2D eigenvalue weighted by Gasteiger charge is -2.55. The topological polar surface area (TPSA) is 62.4 Å². The molecule has 4 rings (SSSR count). The maximum absolute atomic E-state index is 14.5. The number of allylic oxidation sites excluding steroid dienone is 2. The second-order valence-corrected chi connectivity index (χ2v) is 6.26. The van der Waals surface area contributed by atoms with Crippen LogP contribution in [0.2, 0.25) is 0 Å². The molecule has 7 heteroatoms. The number of hydrogen-bond acceptors (Lipinski definition) is 5. The van der Waals surface area contributed by atoms with E-state index in [9.17, 15) is 4.39 Å². The van der Waals surface area contributed by atoms with E-state index < -0.39 is 5.98 Å². The summed E-state index contributed by atoms with van der Waals surface area (Å²) in [6, 6.07) is 0. The summed E-state index contributed by atoms with van der Waals surface area (Å²) in [5.41, 5.74) is 2.15. The lowest BCUT2D eigenvalue weighted by atomic mass is 9.78. The molecule has 1 atom stereocenters. The summed E-state index contributed by atoms with van der Waals surface area (Å²) < 4.78 is 25.1. The minimum atomic E-state index is -1.94. The van der Waals surface area contributed by atoms with Crippen molar-refractivity contribution in [2.45, 2.75) is 5.98 Å². The predicted molar refractivity (Wildman–Crippen MR) is 78.3 cm³/mol. The first-order valence-electron chi connectivity index (χ1n) is 7.46. The minimum absolute atomic E-state index is 0.347. The maximum Gasteiger partial charge on any atom is 0.308 e. The number of halogens is 1. The van der Waals surface area contributed by atoms with E-state index in [0.717, 1.165) is 44.0 Å². The molecule has 6 nitrogen and oxygen atoms in total. The molecule has 22 heavy (non-hydrogen) atoms.